The first-order chi connectivity index (χ1) is 14.6. The molecule has 0 radical (unpaired) electrons. The van der Waals surface area contributed by atoms with Gasteiger partial charge < -0.3 is 10.6 Å². The molecule has 4 nitrogen and oxygen atoms in total. The average molecular weight is 438 g/mol. The van der Waals surface area contributed by atoms with Crippen LogP contribution in [-0.4, -0.2) is 11.8 Å². The van der Waals surface area contributed by atoms with Crippen LogP contribution < -0.4 is 10.6 Å². The molecule has 0 saturated heterocycles. The second-order valence-corrected chi connectivity index (χ2v) is 7.77. The molecular weight excluding hydrogens is 412 g/mol. The third-order valence-electron chi connectivity index (χ3n) is 5.04. The third-order valence-corrected chi connectivity index (χ3v) is 5.04. The molecule has 3 unspecified atom stereocenters. The molecule has 3 atom stereocenters. The molecule has 0 saturated carbocycles. The van der Waals surface area contributed by atoms with Crippen LogP contribution >= 0.6 is 0 Å². The molecule has 0 aliphatic rings. The summed E-state index contributed by atoms with van der Waals surface area (Å²) in [5, 5.41) is 5.45. The Kier molecular flexibility index (Phi) is 8.59. The van der Waals surface area contributed by atoms with Gasteiger partial charge in [0, 0.05) is 12.8 Å². The molecule has 0 heterocycles. The summed E-state index contributed by atoms with van der Waals surface area (Å²) < 4.78 is 52.7. The Balaban J connectivity index is 1.76. The Labute approximate surface area is 179 Å². The van der Waals surface area contributed by atoms with Gasteiger partial charge in [0.1, 0.15) is 0 Å². The average Bonchev–Trinajstić information content (AvgIpc) is 2.70. The Morgan fingerprint density at radius 1 is 0.742 bits per heavy atom. The molecule has 2 N–H and O–H groups in total. The fourth-order valence-electron chi connectivity index (χ4n) is 3.14. The van der Waals surface area contributed by atoms with Gasteiger partial charge in [-0.15, -0.1) is 0 Å². The Morgan fingerprint density at radius 3 is 1.65 bits per heavy atom. The van der Waals surface area contributed by atoms with Crippen LogP contribution in [0.5, 0.6) is 0 Å². The number of nitrogens with one attached hydrogen (secondary N) is 2. The lowest BCUT2D eigenvalue weighted by molar-refractivity contribution is -0.124. The molecule has 2 aromatic carbocycles. The third kappa shape index (κ3) is 7.38. The van der Waals surface area contributed by atoms with E-state index < -0.39 is 35.4 Å². The van der Waals surface area contributed by atoms with Crippen molar-refractivity contribution in [1.82, 2.24) is 10.6 Å². The van der Waals surface area contributed by atoms with E-state index >= 15 is 0 Å². The maximum absolute atomic E-state index is 13.3. The van der Waals surface area contributed by atoms with Crippen molar-refractivity contribution in [3.63, 3.8) is 0 Å². The lowest BCUT2D eigenvalue weighted by Crippen LogP contribution is -2.29. The molecule has 2 aromatic rings. The van der Waals surface area contributed by atoms with Crippen molar-refractivity contribution in [2.24, 2.45) is 5.92 Å². The summed E-state index contributed by atoms with van der Waals surface area (Å²) >= 11 is 0. The number of carbonyl (C=O) groups is 2. The van der Waals surface area contributed by atoms with Gasteiger partial charge in [-0.1, -0.05) is 19.1 Å². The molecule has 8 heteroatoms. The van der Waals surface area contributed by atoms with Crippen LogP contribution in [0.15, 0.2) is 36.4 Å². The van der Waals surface area contributed by atoms with Gasteiger partial charge in [0.2, 0.25) is 11.8 Å². The zero-order valence-corrected chi connectivity index (χ0v) is 17.6. The number of rotatable bonds is 9. The van der Waals surface area contributed by atoms with E-state index in [2.05, 4.69) is 10.6 Å². The summed E-state index contributed by atoms with van der Waals surface area (Å²) in [7, 11) is 0. The lowest BCUT2D eigenvalue weighted by atomic mass is 10.00. The SMILES string of the molecule is CC(CCC(=O)NC(C)c1ccc(F)c(F)c1)CC(=O)NC(C)c1ccc(F)c(F)c1. The molecule has 2 amide bonds. The highest BCUT2D eigenvalue weighted by molar-refractivity contribution is 5.77. The first-order valence-electron chi connectivity index (χ1n) is 10.1. The van der Waals surface area contributed by atoms with Crippen LogP contribution in [0.3, 0.4) is 0 Å². The maximum atomic E-state index is 13.3. The van der Waals surface area contributed by atoms with Crippen LogP contribution in [-0.2, 0) is 9.59 Å². The van der Waals surface area contributed by atoms with Gasteiger partial charge in [0.25, 0.3) is 0 Å². The number of hydrogen-bond acceptors (Lipinski definition) is 2. The van der Waals surface area contributed by atoms with E-state index in [0.717, 1.165) is 24.3 Å². The quantitative estimate of drug-likeness (QED) is 0.535. The van der Waals surface area contributed by atoms with Crippen molar-refractivity contribution in [3.8, 4) is 0 Å². The fourth-order valence-corrected chi connectivity index (χ4v) is 3.14. The van der Waals surface area contributed by atoms with Gasteiger partial charge in [-0.3, -0.25) is 9.59 Å². The molecule has 168 valence electrons. The molecule has 0 fully saturated rings. The van der Waals surface area contributed by atoms with E-state index in [-0.39, 0.29) is 30.6 Å². The highest BCUT2D eigenvalue weighted by atomic mass is 19.2. The molecule has 31 heavy (non-hydrogen) atoms. The van der Waals surface area contributed by atoms with Gasteiger partial charge in [-0.2, -0.15) is 0 Å². The van der Waals surface area contributed by atoms with Gasteiger partial charge >= 0.3 is 0 Å². The number of amides is 2. The largest absolute Gasteiger partial charge is 0.350 e. The second-order valence-electron chi connectivity index (χ2n) is 7.77. The summed E-state index contributed by atoms with van der Waals surface area (Å²) in [6.45, 7) is 5.16. The van der Waals surface area contributed by atoms with Crippen LogP contribution in [0.4, 0.5) is 17.6 Å². The van der Waals surface area contributed by atoms with Crippen molar-refractivity contribution in [2.45, 2.75) is 52.1 Å². The minimum Gasteiger partial charge on any atom is -0.350 e. The zero-order valence-electron chi connectivity index (χ0n) is 17.6. The molecule has 0 aliphatic carbocycles. The maximum Gasteiger partial charge on any atom is 0.220 e. The highest BCUT2D eigenvalue weighted by Gasteiger charge is 2.17. The summed E-state index contributed by atoms with van der Waals surface area (Å²) in [6.07, 6.45) is 0.782. The molecule has 0 aliphatic heterocycles. The minimum atomic E-state index is -0.976. The molecular formula is C23H26F4N2O2. The Hall–Kier alpha value is -2.90. The van der Waals surface area contributed by atoms with Gasteiger partial charge in [0.05, 0.1) is 12.1 Å². The molecule has 0 spiro atoms. The van der Waals surface area contributed by atoms with E-state index in [1.54, 1.807) is 13.8 Å². The monoisotopic (exact) mass is 438 g/mol. The highest BCUT2D eigenvalue weighted by Crippen LogP contribution is 2.19. The van der Waals surface area contributed by atoms with Crippen molar-refractivity contribution in [1.29, 1.82) is 0 Å². The molecule has 0 aromatic heterocycles. The number of carbonyl (C=O) groups excluding carboxylic acids is 2. The van der Waals surface area contributed by atoms with Crippen LogP contribution in [0.25, 0.3) is 0 Å². The Morgan fingerprint density at radius 2 is 1.19 bits per heavy atom. The first-order valence-corrected chi connectivity index (χ1v) is 10.1. The van der Waals surface area contributed by atoms with Crippen molar-refractivity contribution >= 4 is 11.8 Å². The number of halogens is 4. The fraction of sp³-hybridized carbons (Fsp3) is 0.391. The summed E-state index contributed by atoms with van der Waals surface area (Å²) in [5.74, 6) is -4.48. The topological polar surface area (TPSA) is 58.2 Å². The van der Waals surface area contributed by atoms with E-state index in [1.165, 1.54) is 12.1 Å². The summed E-state index contributed by atoms with van der Waals surface area (Å²) in [4.78, 5) is 24.4. The summed E-state index contributed by atoms with van der Waals surface area (Å²) in [6, 6.07) is 5.94. The van der Waals surface area contributed by atoms with E-state index in [1.807, 2.05) is 6.92 Å². The van der Waals surface area contributed by atoms with Gasteiger partial charge in [-0.25, -0.2) is 17.6 Å². The lowest BCUT2D eigenvalue weighted by Gasteiger charge is -2.18. The van der Waals surface area contributed by atoms with E-state index in [0.29, 0.717) is 17.5 Å². The summed E-state index contributed by atoms with van der Waals surface area (Å²) in [5.41, 5.74) is 0.899. The van der Waals surface area contributed by atoms with E-state index in [4.69, 9.17) is 0 Å². The smallest absolute Gasteiger partial charge is 0.220 e. The van der Waals surface area contributed by atoms with Crippen LogP contribution in [0.1, 0.15) is 63.2 Å². The van der Waals surface area contributed by atoms with Crippen LogP contribution in [0, 0.1) is 29.2 Å². The standard InChI is InChI=1S/C23H26F4N2O2/c1-13(10-23(31)29-15(3)17-6-8-19(25)21(27)12-17)4-9-22(30)28-14(2)16-5-7-18(24)20(26)11-16/h5-8,11-15H,4,9-10H2,1-3H3,(H,28,30)(H,29,31). The number of hydrogen-bond donors (Lipinski definition) is 2. The molecule has 0 bridgehead atoms. The Bertz CT molecular complexity index is 936. The van der Waals surface area contributed by atoms with Gasteiger partial charge in [-0.05, 0) is 61.6 Å². The van der Waals surface area contributed by atoms with Crippen LogP contribution in [0.2, 0.25) is 0 Å². The predicted molar refractivity (Wildman–Crippen MR) is 109 cm³/mol. The second kappa shape index (κ2) is 10.9. The van der Waals surface area contributed by atoms with Crippen molar-refractivity contribution in [2.75, 3.05) is 0 Å². The van der Waals surface area contributed by atoms with E-state index in [9.17, 15) is 27.2 Å². The van der Waals surface area contributed by atoms with Crippen molar-refractivity contribution in [3.05, 3.63) is 70.8 Å². The molecule has 2 rings (SSSR count). The van der Waals surface area contributed by atoms with Gasteiger partial charge in [0.15, 0.2) is 23.3 Å². The predicted octanol–water partition coefficient (Wildman–Crippen LogP) is 5.10. The first kappa shape index (κ1) is 24.4. The zero-order chi connectivity index (χ0) is 23.1. The minimum absolute atomic E-state index is 0.0959. The van der Waals surface area contributed by atoms with Crippen molar-refractivity contribution < 1.29 is 27.2 Å². The normalized spacial score (nSPS) is 13.9. The number of benzene rings is 2.